The van der Waals surface area contributed by atoms with E-state index in [2.05, 4.69) is 65.5 Å². The number of ketones is 1. The number of aryl methyl sites for hydroxylation is 2. The summed E-state index contributed by atoms with van der Waals surface area (Å²) >= 11 is 0. The molecule has 0 heterocycles. The lowest BCUT2D eigenvalue weighted by molar-refractivity contribution is 0.0592. The number of carbonyl (C=O) groups is 3. The Bertz CT molecular complexity index is 2020. The predicted molar refractivity (Wildman–Crippen MR) is 216 cm³/mol. The number of hydrogen-bond donors (Lipinski definition) is 0. The molecule has 4 aliphatic carbocycles. The lowest BCUT2D eigenvalue weighted by Crippen LogP contribution is -2.30. The van der Waals surface area contributed by atoms with E-state index >= 15 is 0 Å². The van der Waals surface area contributed by atoms with Gasteiger partial charge in [-0.05, 0) is 167 Å². The van der Waals surface area contributed by atoms with E-state index in [9.17, 15) is 14.4 Å². The zero-order valence-electron chi connectivity index (χ0n) is 33.3. The Kier molecular flexibility index (Phi) is 9.39. The van der Waals surface area contributed by atoms with Gasteiger partial charge >= 0.3 is 11.9 Å². The van der Waals surface area contributed by atoms with E-state index in [4.69, 9.17) is 9.47 Å². The Morgan fingerprint density at radius 3 is 1.26 bits per heavy atom. The summed E-state index contributed by atoms with van der Waals surface area (Å²) in [6.45, 7) is 18.0. The van der Waals surface area contributed by atoms with E-state index in [1.54, 1.807) is 29.8 Å². The van der Waals surface area contributed by atoms with Gasteiger partial charge in [-0.1, -0.05) is 76.7 Å². The van der Waals surface area contributed by atoms with Gasteiger partial charge in [0.2, 0.25) is 0 Å². The summed E-state index contributed by atoms with van der Waals surface area (Å²) in [5, 5.41) is 0. The van der Waals surface area contributed by atoms with E-state index in [0.717, 1.165) is 22.3 Å². The van der Waals surface area contributed by atoms with Crippen LogP contribution >= 0.6 is 0 Å². The second kappa shape index (κ2) is 13.5. The molecule has 2 saturated carbocycles. The molecule has 0 aliphatic heterocycles. The molecule has 0 aromatic heterocycles. The topological polar surface area (TPSA) is 69.7 Å². The van der Waals surface area contributed by atoms with Crippen LogP contribution in [-0.4, -0.2) is 31.9 Å². The molecule has 8 rings (SSSR count). The van der Waals surface area contributed by atoms with Crippen molar-refractivity contribution in [3.05, 3.63) is 146 Å². The maximum absolute atomic E-state index is 13.2. The fourth-order valence-electron chi connectivity index (χ4n) is 9.08. The van der Waals surface area contributed by atoms with Crippen LogP contribution in [0.1, 0.15) is 160 Å². The third-order valence-corrected chi connectivity index (χ3v) is 13.3. The van der Waals surface area contributed by atoms with Gasteiger partial charge in [0.15, 0.2) is 5.78 Å². The van der Waals surface area contributed by atoms with Gasteiger partial charge in [0.05, 0.1) is 25.3 Å². The molecule has 2 fully saturated rings. The minimum Gasteiger partial charge on any atom is -0.465 e. The quantitative estimate of drug-likeness (QED) is 0.146. The normalized spacial score (nSPS) is 18.7. The molecule has 5 heteroatoms. The summed E-state index contributed by atoms with van der Waals surface area (Å²) in [5.41, 5.74) is 15.0. The Balaban J connectivity index is 0.000000167. The molecule has 0 bridgehead atoms. The van der Waals surface area contributed by atoms with Crippen molar-refractivity contribution in [3.8, 4) is 0 Å². The minimum absolute atomic E-state index is 0.0193. The number of rotatable bonds is 6. The summed E-state index contributed by atoms with van der Waals surface area (Å²) in [5.74, 6) is -0.683. The summed E-state index contributed by atoms with van der Waals surface area (Å²) < 4.78 is 9.52. The molecular weight excluding hydrogens is 669 g/mol. The van der Waals surface area contributed by atoms with E-state index < -0.39 is 5.97 Å². The van der Waals surface area contributed by atoms with Crippen molar-refractivity contribution < 1.29 is 23.9 Å². The summed E-state index contributed by atoms with van der Waals surface area (Å²) in [6.07, 6.45) is 10.1. The highest BCUT2D eigenvalue weighted by Gasteiger charge is 2.51. The number of hydrogen-bond acceptors (Lipinski definition) is 5. The van der Waals surface area contributed by atoms with Crippen LogP contribution in [0.4, 0.5) is 0 Å². The second-order valence-electron chi connectivity index (χ2n) is 17.7. The fourth-order valence-corrected chi connectivity index (χ4v) is 9.08. The fraction of sp³-hybridized carbons (Fsp3) is 0.408. The number of esters is 2. The van der Waals surface area contributed by atoms with Crippen LogP contribution in [0.2, 0.25) is 0 Å². The molecule has 0 N–H and O–H groups in total. The summed E-state index contributed by atoms with van der Waals surface area (Å²) in [7, 11) is 2.76. The minimum atomic E-state index is -0.392. The zero-order chi connectivity index (χ0) is 38.8. The van der Waals surface area contributed by atoms with E-state index in [1.165, 1.54) is 93.4 Å². The van der Waals surface area contributed by atoms with Gasteiger partial charge in [-0.15, -0.1) is 0 Å². The van der Waals surface area contributed by atoms with Crippen LogP contribution < -0.4 is 0 Å². The lowest BCUT2D eigenvalue weighted by atomic mass is 9.66. The molecule has 4 aliphatic rings. The third kappa shape index (κ3) is 6.65. The van der Waals surface area contributed by atoms with Crippen molar-refractivity contribution >= 4 is 23.3 Å². The van der Waals surface area contributed by atoms with Crippen molar-refractivity contribution in [2.24, 2.45) is 0 Å². The van der Waals surface area contributed by atoms with Crippen LogP contribution in [0, 0.1) is 13.8 Å². The molecule has 5 nitrogen and oxygen atoms in total. The molecule has 0 saturated heterocycles. The number of carbonyl (C=O) groups excluding carboxylic acids is 3. The largest absolute Gasteiger partial charge is 0.465 e. The van der Waals surface area contributed by atoms with Crippen LogP contribution in [-0.2, 0) is 31.1 Å². The molecular formula is C49H54O5. The number of ether oxygens (including phenoxy) is 2. The number of benzene rings is 4. The second-order valence-corrected chi connectivity index (χ2v) is 17.7. The Hall–Kier alpha value is -4.77. The number of fused-ring (bicyclic) bond motifs is 4. The highest BCUT2D eigenvalue weighted by atomic mass is 16.5. The molecule has 2 spiro atoms. The van der Waals surface area contributed by atoms with Gasteiger partial charge in [-0.25, -0.2) is 9.59 Å². The molecule has 280 valence electrons. The highest BCUT2D eigenvalue weighted by molar-refractivity contribution is 6.10. The van der Waals surface area contributed by atoms with E-state index in [-0.39, 0.29) is 22.6 Å². The monoisotopic (exact) mass is 722 g/mol. The van der Waals surface area contributed by atoms with Crippen molar-refractivity contribution in [3.63, 3.8) is 0 Å². The first-order valence-corrected chi connectivity index (χ1v) is 19.5. The summed E-state index contributed by atoms with van der Waals surface area (Å²) in [4.78, 5) is 36.5. The average molecular weight is 723 g/mol. The lowest BCUT2D eigenvalue weighted by Gasteiger charge is -2.38. The van der Waals surface area contributed by atoms with Gasteiger partial charge in [-0.2, -0.15) is 0 Å². The average Bonchev–Trinajstić information content (AvgIpc) is 4.12. The maximum atomic E-state index is 13.2. The SMILES string of the molecule is C=C(c1ccc(C(=O)OC)cc1)c1cc2c(cc1C)C(C)(C)CCC21CC1.COC(=O)c1ccc(C(=O)c2cc3c(cc2C)C(C)(C)CCC32CC2)cc1. The molecule has 0 radical (unpaired) electrons. The molecule has 0 unspecified atom stereocenters. The zero-order valence-corrected chi connectivity index (χ0v) is 33.3. The van der Waals surface area contributed by atoms with Gasteiger partial charge in [-0.3, -0.25) is 4.79 Å². The maximum Gasteiger partial charge on any atom is 0.337 e. The van der Waals surface area contributed by atoms with Gasteiger partial charge in [0, 0.05) is 11.1 Å². The van der Waals surface area contributed by atoms with Crippen LogP contribution in [0.15, 0.2) is 79.4 Å². The molecule has 4 aromatic carbocycles. The van der Waals surface area contributed by atoms with Crippen LogP contribution in [0.5, 0.6) is 0 Å². The summed E-state index contributed by atoms with van der Waals surface area (Å²) in [6, 6.07) is 23.5. The molecule has 0 atom stereocenters. The standard InChI is InChI=1S/C25H28O2.C24H26O3/c1-16-14-21-22(25(12-13-25)11-10-24(21,3)4)15-20(16)17(2)18-6-8-19(9-7-18)23(26)27-5;1-15-13-19-20(24(11-12-24)10-9-23(19,2)3)14-18(15)21(25)16-5-7-17(8-6-16)22(26)27-4/h6-9,14-15H,2,10-13H2,1,3-5H3;5-8,13-14H,9-12H2,1-4H3. The van der Waals surface area contributed by atoms with Crippen molar-refractivity contribution in [2.45, 2.75) is 115 Å². The third-order valence-electron chi connectivity index (χ3n) is 13.3. The Labute approximate surface area is 321 Å². The van der Waals surface area contributed by atoms with Gasteiger partial charge < -0.3 is 9.47 Å². The Morgan fingerprint density at radius 1 is 0.500 bits per heavy atom. The predicted octanol–water partition coefficient (Wildman–Crippen LogP) is 11.1. The Morgan fingerprint density at radius 2 is 0.852 bits per heavy atom. The molecule has 4 aromatic rings. The van der Waals surface area contributed by atoms with E-state index in [1.807, 2.05) is 31.2 Å². The van der Waals surface area contributed by atoms with Gasteiger partial charge in [0.25, 0.3) is 0 Å². The smallest absolute Gasteiger partial charge is 0.337 e. The molecule has 0 amide bonds. The first kappa shape index (κ1) is 37.5. The first-order chi connectivity index (χ1) is 25.5. The van der Waals surface area contributed by atoms with Crippen LogP contribution in [0.3, 0.4) is 0 Å². The van der Waals surface area contributed by atoms with Crippen molar-refractivity contribution in [1.82, 2.24) is 0 Å². The van der Waals surface area contributed by atoms with Gasteiger partial charge in [0.1, 0.15) is 0 Å². The van der Waals surface area contributed by atoms with Crippen molar-refractivity contribution in [2.75, 3.05) is 14.2 Å². The highest BCUT2D eigenvalue weighted by Crippen LogP contribution is 2.60. The number of methoxy groups -OCH3 is 2. The first-order valence-electron chi connectivity index (χ1n) is 19.5. The van der Waals surface area contributed by atoms with E-state index in [0.29, 0.717) is 27.5 Å². The molecule has 54 heavy (non-hydrogen) atoms. The van der Waals surface area contributed by atoms with Crippen molar-refractivity contribution in [1.29, 1.82) is 0 Å². The van der Waals surface area contributed by atoms with Crippen LogP contribution in [0.25, 0.3) is 5.57 Å².